The van der Waals surface area contributed by atoms with E-state index in [-0.39, 0.29) is 0 Å². The molecule has 0 saturated carbocycles. The summed E-state index contributed by atoms with van der Waals surface area (Å²) < 4.78 is 7.59. The van der Waals surface area contributed by atoms with Gasteiger partial charge in [-0.05, 0) is 38.8 Å². The Labute approximate surface area is 104 Å². The van der Waals surface area contributed by atoms with Crippen LogP contribution in [0.1, 0.15) is 36.7 Å². The van der Waals surface area contributed by atoms with E-state index in [1.807, 2.05) is 11.6 Å². The number of unbranched alkanes of at least 4 members (excludes halogenated alkanes) is 1. The van der Waals surface area contributed by atoms with E-state index < -0.39 is 0 Å². The van der Waals surface area contributed by atoms with Crippen LogP contribution in [0.2, 0.25) is 0 Å². The van der Waals surface area contributed by atoms with Crippen LogP contribution >= 0.6 is 0 Å². The first-order valence-corrected chi connectivity index (χ1v) is 6.51. The molecule has 1 aromatic heterocycles. The summed E-state index contributed by atoms with van der Waals surface area (Å²) >= 11 is 0. The second-order valence-electron chi connectivity index (χ2n) is 4.38. The highest BCUT2D eigenvalue weighted by atomic mass is 16.5. The maximum atomic E-state index is 5.60. The number of nitrogens with two attached hydrogens (primary N) is 1. The van der Waals surface area contributed by atoms with Gasteiger partial charge in [0.05, 0.1) is 18.8 Å². The molecule has 1 rings (SSSR count). The quantitative estimate of drug-likeness (QED) is 0.704. The molecule has 0 spiro atoms. The molecule has 1 heterocycles. The van der Waals surface area contributed by atoms with E-state index in [9.17, 15) is 0 Å². The second kappa shape index (κ2) is 7.45. The molecule has 1 aromatic rings. The van der Waals surface area contributed by atoms with Gasteiger partial charge in [-0.3, -0.25) is 4.68 Å². The van der Waals surface area contributed by atoms with Crippen molar-refractivity contribution in [1.82, 2.24) is 9.78 Å². The molecule has 0 aliphatic heterocycles. The third-order valence-electron chi connectivity index (χ3n) is 3.02. The van der Waals surface area contributed by atoms with E-state index in [1.165, 1.54) is 17.7 Å². The van der Waals surface area contributed by atoms with Crippen LogP contribution in [0.4, 0.5) is 0 Å². The lowest BCUT2D eigenvalue weighted by Gasteiger charge is -2.06. The highest BCUT2D eigenvalue weighted by Gasteiger charge is 2.09. The molecule has 98 valence electrons. The highest BCUT2D eigenvalue weighted by Crippen LogP contribution is 2.13. The number of hydrogen-bond donors (Lipinski definition) is 1. The van der Waals surface area contributed by atoms with Crippen molar-refractivity contribution in [2.75, 3.05) is 19.8 Å². The largest absolute Gasteiger partial charge is 0.380 e. The molecule has 0 unspecified atom stereocenters. The first kappa shape index (κ1) is 14.2. The van der Waals surface area contributed by atoms with Crippen molar-refractivity contribution in [3.8, 4) is 0 Å². The normalized spacial score (nSPS) is 11.1. The lowest BCUT2D eigenvalue weighted by molar-refractivity contribution is 0.120. The van der Waals surface area contributed by atoms with Gasteiger partial charge in [0.15, 0.2) is 0 Å². The molecule has 0 fully saturated rings. The first-order chi connectivity index (χ1) is 8.20. The zero-order chi connectivity index (χ0) is 12.7. The summed E-state index contributed by atoms with van der Waals surface area (Å²) in [5, 5.41) is 4.53. The molecule has 4 nitrogen and oxygen atoms in total. The van der Waals surface area contributed by atoms with Gasteiger partial charge in [-0.1, -0.05) is 13.3 Å². The molecule has 0 saturated heterocycles. The van der Waals surface area contributed by atoms with Crippen LogP contribution in [0, 0.1) is 13.8 Å². The van der Waals surface area contributed by atoms with Crippen molar-refractivity contribution in [2.45, 2.75) is 46.6 Å². The van der Waals surface area contributed by atoms with E-state index in [0.717, 1.165) is 38.3 Å². The van der Waals surface area contributed by atoms with Gasteiger partial charge in [0.1, 0.15) is 0 Å². The minimum Gasteiger partial charge on any atom is -0.380 e. The van der Waals surface area contributed by atoms with Gasteiger partial charge < -0.3 is 10.5 Å². The predicted molar refractivity (Wildman–Crippen MR) is 70.2 cm³/mol. The Morgan fingerprint density at radius 3 is 2.71 bits per heavy atom. The van der Waals surface area contributed by atoms with Gasteiger partial charge in [-0.25, -0.2) is 0 Å². The van der Waals surface area contributed by atoms with Crippen molar-refractivity contribution in [2.24, 2.45) is 5.73 Å². The number of rotatable bonds is 8. The SMILES string of the molecule is CCCCOCCn1nc(C)c(CCN)c1C. The smallest absolute Gasteiger partial charge is 0.0662 e. The Bertz CT molecular complexity index is 334. The average Bonchev–Trinajstić information content (AvgIpc) is 2.57. The monoisotopic (exact) mass is 239 g/mol. The van der Waals surface area contributed by atoms with Crippen LogP contribution in [0.3, 0.4) is 0 Å². The third kappa shape index (κ3) is 4.13. The number of aromatic nitrogens is 2. The standard InChI is InChI=1S/C13H25N3O/c1-4-5-9-17-10-8-16-12(3)13(6-7-14)11(2)15-16/h4-10,14H2,1-3H3. The Kier molecular flexibility index (Phi) is 6.22. The molecule has 0 aliphatic rings. The van der Waals surface area contributed by atoms with E-state index in [0.29, 0.717) is 6.54 Å². The molecule has 0 atom stereocenters. The molecule has 2 N–H and O–H groups in total. The zero-order valence-corrected chi connectivity index (χ0v) is 11.3. The molecule has 0 aromatic carbocycles. The van der Waals surface area contributed by atoms with Crippen LogP contribution in [-0.2, 0) is 17.7 Å². The Hall–Kier alpha value is -0.870. The van der Waals surface area contributed by atoms with Crippen LogP contribution in [0.5, 0.6) is 0 Å². The van der Waals surface area contributed by atoms with Gasteiger partial charge >= 0.3 is 0 Å². The Balaban J connectivity index is 2.45. The van der Waals surface area contributed by atoms with Crippen LogP contribution < -0.4 is 5.73 Å². The van der Waals surface area contributed by atoms with Gasteiger partial charge in [-0.15, -0.1) is 0 Å². The molecule has 0 radical (unpaired) electrons. The molecular weight excluding hydrogens is 214 g/mol. The van der Waals surface area contributed by atoms with Gasteiger partial charge in [0.25, 0.3) is 0 Å². The summed E-state index contributed by atoms with van der Waals surface area (Å²) in [6, 6.07) is 0. The third-order valence-corrected chi connectivity index (χ3v) is 3.02. The summed E-state index contributed by atoms with van der Waals surface area (Å²) in [6.45, 7) is 9.43. The number of ether oxygens (including phenoxy) is 1. The molecule has 4 heteroatoms. The summed E-state index contributed by atoms with van der Waals surface area (Å²) in [5.41, 5.74) is 9.22. The minimum atomic E-state index is 0.681. The van der Waals surface area contributed by atoms with E-state index in [4.69, 9.17) is 10.5 Å². The number of nitrogens with zero attached hydrogens (tertiary/aromatic N) is 2. The second-order valence-corrected chi connectivity index (χ2v) is 4.38. The van der Waals surface area contributed by atoms with E-state index in [2.05, 4.69) is 18.9 Å². The summed E-state index contributed by atoms with van der Waals surface area (Å²) in [7, 11) is 0. The van der Waals surface area contributed by atoms with Crippen LogP contribution in [0.25, 0.3) is 0 Å². The Morgan fingerprint density at radius 1 is 1.29 bits per heavy atom. The lowest BCUT2D eigenvalue weighted by Crippen LogP contribution is -2.10. The number of aryl methyl sites for hydroxylation is 1. The fraction of sp³-hybridized carbons (Fsp3) is 0.769. The molecular formula is C13H25N3O. The summed E-state index contributed by atoms with van der Waals surface area (Å²) in [6.07, 6.45) is 3.23. The average molecular weight is 239 g/mol. The number of hydrogen-bond acceptors (Lipinski definition) is 3. The maximum absolute atomic E-state index is 5.60. The van der Waals surface area contributed by atoms with Crippen molar-refractivity contribution in [3.63, 3.8) is 0 Å². The van der Waals surface area contributed by atoms with Gasteiger partial charge in [-0.2, -0.15) is 5.10 Å². The Morgan fingerprint density at radius 2 is 2.06 bits per heavy atom. The zero-order valence-electron chi connectivity index (χ0n) is 11.3. The van der Waals surface area contributed by atoms with Crippen molar-refractivity contribution >= 4 is 0 Å². The van der Waals surface area contributed by atoms with E-state index in [1.54, 1.807) is 0 Å². The van der Waals surface area contributed by atoms with Crippen LogP contribution in [0.15, 0.2) is 0 Å². The molecule has 0 amide bonds. The van der Waals surface area contributed by atoms with Crippen molar-refractivity contribution < 1.29 is 4.74 Å². The maximum Gasteiger partial charge on any atom is 0.0662 e. The molecule has 17 heavy (non-hydrogen) atoms. The summed E-state index contributed by atoms with van der Waals surface area (Å²) in [5.74, 6) is 0. The van der Waals surface area contributed by atoms with Gasteiger partial charge in [0.2, 0.25) is 0 Å². The lowest BCUT2D eigenvalue weighted by atomic mass is 10.1. The van der Waals surface area contributed by atoms with Gasteiger partial charge in [0, 0.05) is 12.3 Å². The van der Waals surface area contributed by atoms with Crippen molar-refractivity contribution in [3.05, 3.63) is 17.0 Å². The molecule has 0 aliphatic carbocycles. The highest BCUT2D eigenvalue weighted by molar-refractivity contribution is 5.24. The van der Waals surface area contributed by atoms with E-state index >= 15 is 0 Å². The predicted octanol–water partition coefficient (Wildman–Crippen LogP) is 1.82. The first-order valence-electron chi connectivity index (χ1n) is 6.51. The summed E-state index contributed by atoms with van der Waals surface area (Å²) in [4.78, 5) is 0. The van der Waals surface area contributed by atoms with Crippen molar-refractivity contribution in [1.29, 1.82) is 0 Å². The topological polar surface area (TPSA) is 53.1 Å². The minimum absolute atomic E-state index is 0.681. The fourth-order valence-electron chi connectivity index (χ4n) is 1.96. The fourth-order valence-corrected chi connectivity index (χ4v) is 1.96. The molecule has 0 bridgehead atoms. The van der Waals surface area contributed by atoms with Crippen LogP contribution in [-0.4, -0.2) is 29.5 Å².